The lowest BCUT2D eigenvalue weighted by molar-refractivity contribution is -0.146. The van der Waals surface area contributed by atoms with Crippen molar-refractivity contribution in [2.75, 3.05) is 19.7 Å². The van der Waals surface area contributed by atoms with Gasteiger partial charge in [-0.3, -0.25) is 9.59 Å². The van der Waals surface area contributed by atoms with Crippen molar-refractivity contribution in [1.82, 2.24) is 15.3 Å². The normalized spacial score (nSPS) is 19.8. The van der Waals surface area contributed by atoms with Crippen molar-refractivity contribution in [3.63, 3.8) is 0 Å². The molecule has 9 nitrogen and oxygen atoms in total. The third-order valence-corrected chi connectivity index (χ3v) is 3.90. The molecule has 2 heterocycles. The zero-order chi connectivity index (χ0) is 20.4. The number of Topliss-reactive ketones (excluding diaryl/α,β-unsaturated/α-hetero) is 1. The van der Waals surface area contributed by atoms with E-state index >= 15 is 0 Å². The zero-order valence-electron chi connectivity index (χ0n) is 16.0. The molecule has 0 aromatic carbocycles. The third-order valence-electron chi connectivity index (χ3n) is 3.90. The van der Waals surface area contributed by atoms with Crippen LogP contribution in [0.25, 0.3) is 0 Å². The smallest absolute Gasteiger partial charge is 0.408 e. The number of nitrogens with one attached hydrogen (secondary N) is 1. The molecule has 2 rings (SSSR count). The van der Waals surface area contributed by atoms with E-state index in [1.807, 2.05) is 0 Å². The van der Waals surface area contributed by atoms with Crippen LogP contribution in [0.2, 0.25) is 0 Å². The van der Waals surface area contributed by atoms with Crippen LogP contribution in [0.15, 0.2) is 23.9 Å². The summed E-state index contributed by atoms with van der Waals surface area (Å²) in [5.74, 6) is -1.54. The monoisotopic (exact) mass is 379 g/mol. The van der Waals surface area contributed by atoms with E-state index in [2.05, 4.69) is 11.9 Å². The predicted octanol–water partition coefficient (Wildman–Crippen LogP) is 0.915. The number of alkyl carbamates (subject to hydrolysis) is 1. The molecule has 27 heavy (non-hydrogen) atoms. The average molecular weight is 379 g/mol. The number of amides is 2. The van der Waals surface area contributed by atoms with Gasteiger partial charge in [0.05, 0.1) is 0 Å². The lowest BCUT2D eigenvalue weighted by Gasteiger charge is -2.21. The summed E-state index contributed by atoms with van der Waals surface area (Å²) in [4.78, 5) is 49.4. The van der Waals surface area contributed by atoms with Gasteiger partial charge in [-0.05, 0) is 20.8 Å². The topological polar surface area (TPSA) is 105 Å². The number of carbonyl (C=O) groups excluding carboxylic acids is 4. The Morgan fingerprint density at radius 2 is 2.00 bits per heavy atom. The minimum atomic E-state index is -0.889. The minimum Gasteiger partial charge on any atom is -0.457 e. The Bertz CT molecular complexity index is 706. The third kappa shape index (κ3) is 4.54. The number of nitrogens with zero attached hydrogens (tertiary/aromatic N) is 2. The molecule has 1 saturated heterocycles. The summed E-state index contributed by atoms with van der Waals surface area (Å²) >= 11 is 0. The van der Waals surface area contributed by atoms with Crippen LogP contribution in [0.3, 0.4) is 0 Å². The van der Waals surface area contributed by atoms with E-state index < -0.39 is 29.6 Å². The van der Waals surface area contributed by atoms with Crippen molar-refractivity contribution in [3.8, 4) is 0 Å². The highest BCUT2D eigenvalue weighted by Gasteiger charge is 2.49. The van der Waals surface area contributed by atoms with E-state index in [1.165, 1.54) is 11.1 Å². The first-order chi connectivity index (χ1) is 12.6. The van der Waals surface area contributed by atoms with E-state index in [4.69, 9.17) is 9.47 Å². The van der Waals surface area contributed by atoms with E-state index in [-0.39, 0.29) is 43.2 Å². The SMILES string of the molecule is C=CCOC(=O)C1=C(C(=O)CC)CN2C[C@@H](NC(=O)OC(C)(C)C)C(=O)N12. The highest BCUT2D eigenvalue weighted by Crippen LogP contribution is 2.31. The van der Waals surface area contributed by atoms with Crippen LogP contribution in [0, 0.1) is 0 Å². The fourth-order valence-corrected chi connectivity index (χ4v) is 2.83. The number of hydrogen-bond acceptors (Lipinski definition) is 7. The zero-order valence-corrected chi connectivity index (χ0v) is 16.0. The van der Waals surface area contributed by atoms with Gasteiger partial charge >= 0.3 is 12.1 Å². The molecule has 1 fully saturated rings. The summed E-state index contributed by atoms with van der Waals surface area (Å²) in [5.41, 5.74) is -0.569. The van der Waals surface area contributed by atoms with Crippen molar-refractivity contribution in [2.45, 2.75) is 45.8 Å². The number of hydrazine groups is 1. The molecule has 0 unspecified atom stereocenters. The maximum Gasteiger partial charge on any atom is 0.408 e. The Morgan fingerprint density at radius 3 is 2.56 bits per heavy atom. The van der Waals surface area contributed by atoms with Gasteiger partial charge in [-0.2, -0.15) is 0 Å². The van der Waals surface area contributed by atoms with Crippen LogP contribution >= 0.6 is 0 Å². The van der Waals surface area contributed by atoms with E-state index in [9.17, 15) is 19.2 Å². The second-order valence-electron chi connectivity index (χ2n) is 7.19. The van der Waals surface area contributed by atoms with Gasteiger partial charge in [0.2, 0.25) is 0 Å². The molecule has 0 aromatic rings. The van der Waals surface area contributed by atoms with Crippen LogP contribution in [0.1, 0.15) is 34.1 Å². The number of rotatable bonds is 6. The molecule has 0 radical (unpaired) electrons. The lowest BCUT2D eigenvalue weighted by atomic mass is 10.1. The van der Waals surface area contributed by atoms with Crippen LogP contribution in [-0.4, -0.2) is 65.1 Å². The molecule has 0 aliphatic carbocycles. The summed E-state index contributed by atoms with van der Waals surface area (Å²) in [6, 6.07) is -0.889. The Balaban J connectivity index is 2.22. The van der Waals surface area contributed by atoms with Gasteiger partial charge in [0.15, 0.2) is 11.5 Å². The van der Waals surface area contributed by atoms with Crippen LogP contribution in [0.4, 0.5) is 4.79 Å². The van der Waals surface area contributed by atoms with Gasteiger partial charge in [0.25, 0.3) is 5.91 Å². The van der Waals surface area contributed by atoms with Crippen LogP contribution < -0.4 is 5.32 Å². The Hall–Kier alpha value is -2.68. The highest BCUT2D eigenvalue weighted by molar-refractivity contribution is 6.07. The molecule has 9 heteroatoms. The van der Waals surface area contributed by atoms with Crippen molar-refractivity contribution in [2.24, 2.45) is 0 Å². The Kier molecular flexibility index (Phi) is 6.04. The highest BCUT2D eigenvalue weighted by atomic mass is 16.6. The molecule has 1 atom stereocenters. The van der Waals surface area contributed by atoms with E-state index in [0.717, 1.165) is 5.01 Å². The van der Waals surface area contributed by atoms with Gasteiger partial charge in [0.1, 0.15) is 18.2 Å². The summed E-state index contributed by atoms with van der Waals surface area (Å²) in [6.45, 7) is 10.5. The minimum absolute atomic E-state index is 0.0441. The van der Waals surface area contributed by atoms with Crippen molar-refractivity contribution in [1.29, 1.82) is 0 Å². The molecule has 1 N–H and O–H groups in total. The summed E-state index contributed by atoms with van der Waals surface area (Å²) < 4.78 is 10.2. The van der Waals surface area contributed by atoms with Gasteiger partial charge in [-0.15, -0.1) is 0 Å². The molecule has 2 amide bonds. The van der Waals surface area contributed by atoms with Gasteiger partial charge in [-0.25, -0.2) is 19.6 Å². The molecular formula is C18H25N3O6. The number of hydrogen-bond donors (Lipinski definition) is 1. The van der Waals surface area contributed by atoms with Crippen molar-refractivity contribution >= 4 is 23.8 Å². The molecule has 0 saturated carbocycles. The van der Waals surface area contributed by atoms with E-state index in [0.29, 0.717) is 0 Å². The number of esters is 1. The first kappa shape index (κ1) is 20.6. The van der Waals surface area contributed by atoms with Crippen LogP contribution in [0.5, 0.6) is 0 Å². The number of fused-ring (bicyclic) bond motifs is 1. The molecule has 148 valence electrons. The first-order valence-corrected chi connectivity index (χ1v) is 8.71. The number of carbonyl (C=O) groups is 4. The lowest BCUT2D eigenvalue weighted by Crippen LogP contribution is -2.45. The second kappa shape index (κ2) is 7.91. The Labute approximate surface area is 157 Å². The quantitative estimate of drug-likeness (QED) is 0.540. The average Bonchev–Trinajstić information content (AvgIpc) is 3.07. The standard InChI is InChI=1S/C18H25N3O6/c1-6-8-26-16(24)14-11(13(22)7-2)9-20-10-12(15(23)21(14)20)19-17(25)27-18(3,4)5/h6,12H,1,7-10H2,2-5H3,(H,19,25)/t12-/m1/s1. The molecule has 2 aliphatic heterocycles. The summed E-state index contributed by atoms with van der Waals surface area (Å²) in [7, 11) is 0. The first-order valence-electron chi connectivity index (χ1n) is 8.71. The Morgan fingerprint density at radius 1 is 1.33 bits per heavy atom. The van der Waals surface area contributed by atoms with Crippen molar-refractivity contribution < 1.29 is 28.7 Å². The summed E-state index contributed by atoms with van der Waals surface area (Å²) in [5, 5.41) is 5.17. The van der Waals surface area contributed by atoms with Gasteiger partial charge < -0.3 is 14.8 Å². The second-order valence-corrected chi connectivity index (χ2v) is 7.19. The molecule has 0 bridgehead atoms. The van der Waals surface area contributed by atoms with E-state index in [1.54, 1.807) is 27.7 Å². The molecule has 0 spiro atoms. The van der Waals surface area contributed by atoms with Gasteiger partial charge in [-0.1, -0.05) is 19.6 Å². The largest absolute Gasteiger partial charge is 0.457 e. The summed E-state index contributed by atoms with van der Waals surface area (Å²) in [6.07, 6.45) is 0.863. The fourth-order valence-electron chi connectivity index (χ4n) is 2.83. The molecular weight excluding hydrogens is 354 g/mol. The molecule has 2 aliphatic rings. The predicted molar refractivity (Wildman–Crippen MR) is 95.1 cm³/mol. The fraction of sp³-hybridized carbons (Fsp3) is 0.556. The van der Waals surface area contributed by atoms with Gasteiger partial charge in [0, 0.05) is 25.1 Å². The number of ketones is 1. The van der Waals surface area contributed by atoms with Crippen LogP contribution in [-0.2, 0) is 23.9 Å². The van der Waals surface area contributed by atoms with Crippen molar-refractivity contribution in [3.05, 3.63) is 23.9 Å². The maximum absolute atomic E-state index is 12.8. The molecule has 0 aromatic heterocycles. The number of ether oxygens (including phenoxy) is 2. The maximum atomic E-state index is 12.8.